The molecule has 1 atom stereocenters. The second kappa shape index (κ2) is 7.03. The summed E-state index contributed by atoms with van der Waals surface area (Å²) in [5.41, 5.74) is -1.02. The van der Waals surface area contributed by atoms with Crippen LogP contribution in [0.4, 0.5) is 4.39 Å². The van der Waals surface area contributed by atoms with Crippen molar-refractivity contribution in [1.29, 1.82) is 0 Å². The summed E-state index contributed by atoms with van der Waals surface area (Å²) in [6.45, 7) is 1.56. The summed E-state index contributed by atoms with van der Waals surface area (Å²) >= 11 is 0. The van der Waals surface area contributed by atoms with Gasteiger partial charge in [0.05, 0.1) is 25.7 Å². The topological polar surface area (TPSA) is 84.9 Å². The first-order chi connectivity index (χ1) is 9.81. The smallest absolute Gasteiger partial charge is 0.305 e. The molecule has 0 aliphatic heterocycles. The molecule has 1 aromatic rings. The molecule has 21 heavy (non-hydrogen) atoms. The average Bonchev–Trinajstić information content (AvgIpc) is 2.37. The van der Waals surface area contributed by atoms with Gasteiger partial charge >= 0.3 is 5.97 Å². The Labute approximate surface area is 121 Å². The zero-order valence-corrected chi connectivity index (χ0v) is 12.1. The molecule has 0 aliphatic rings. The Balaban J connectivity index is 2.91. The molecular formula is C14H18FNO5. The van der Waals surface area contributed by atoms with Gasteiger partial charge in [0.1, 0.15) is 0 Å². The van der Waals surface area contributed by atoms with Gasteiger partial charge in [0.15, 0.2) is 11.6 Å². The second-order valence-corrected chi connectivity index (χ2v) is 4.87. The third-order valence-electron chi connectivity index (χ3n) is 2.83. The van der Waals surface area contributed by atoms with Gasteiger partial charge in [0.25, 0.3) is 5.91 Å². The number of rotatable bonds is 7. The number of nitrogens with one attached hydrogen (secondary N) is 1. The molecule has 116 valence electrons. The molecule has 1 rings (SSSR count). The third kappa shape index (κ3) is 4.71. The maximum Gasteiger partial charge on any atom is 0.305 e. The zero-order valence-electron chi connectivity index (χ0n) is 12.1. The lowest BCUT2D eigenvalue weighted by Gasteiger charge is -2.28. The molecule has 7 heteroatoms. The monoisotopic (exact) mass is 299 g/mol. The molecule has 0 saturated carbocycles. The lowest BCUT2D eigenvalue weighted by atomic mass is 9.98. The Hall–Kier alpha value is -2.15. The van der Waals surface area contributed by atoms with E-state index in [4.69, 9.17) is 14.6 Å². The van der Waals surface area contributed by atoms with E-state index in [2.05, 4.69) is 5.32 Å². The van der Waals surface area contributed by atoms with Gasteiger partial charge in [-0.15, -0.1) is 0 Å². The molecule has 1 amide bonds. The van der Waals surface area contributed by atoms with E-state index in [1.165, 1.54) is 26.4 Å². The highest BCUT2D eigenvalue weighted by molar-refractivity contribution is 5.95. The Morgan fingerprint density at radius 1 is 1.38 bits per heavy atom. The quantitative estimate of drug-likeness (QED) is 0.796. The molecule has 0 aliphatic carbocycles. The van der Waals surface area contributed by atoms with Crippen LogP contribution in [-0.2, 0) is 9.53 Å². The van der Waals surface area contributed by atoms with E-state index in [1.54, 1.807) is 6.92 Å². The molecule has 0 fully saturated rings. The van der Waals surface area contributed by atoms with Crippen LogP contribution in [0.2, 0.25) is 0 Å². The van der Waals surface area contributed by atoms with E-state index in [1.807, 2.05) is 0 Å². The fourth-order valence-corrected chi connectivity index (χ4v) is 1.94. The summed E-state index contributed by atoms with van der Waals surface area (Å²) in [5.74, 6) is -2.30. The average molecular weight is 299 g/mol. The van der Waals surface area contributed by atoms with Crippen LogP contribution in [0.25, 0.3) is 0 Å². The number of carboxylic acids is 1. The van der Waals surface area contributed by atoms with Crippen molar-refractivity contribution in [3.05, 3.63) is 29.6 Å². The van der Waals surface area contributed by atoms with Crippen molar-refractivity contribution < 1.29 is 28.6 Å². The van der Waals surface area contributed by atoms with Crippen LogP contribution in [-0.4, -0.2) is 43.3 Å². The molecule has 1 aromatic carbocycles. The number of carbonyl (C=O) groups excluding carboxylic acids is 1. The first kappa shape index (κ1) is 16.9. The Morgan fingerprint density at radius 3 is 2.52 bits per heavy atom. The van der Waals surface area contributed by atoms with E-state index >= 15 is 0 Å². The van der Waals surface area contributed by atoms with Crippen LogP contribution in [0.5, 0.6) is 5.75 Å². The second-order valence-electron chi connectivity index (χ2n) is 4.87. The van der Waals surface area contributed by atoms with E-state index < -0.39 is 23.2 Å². The van der Waals surface area contributed by atoms with Crippen molar-refractivity contribution in [2.24, 2.45) is 0 Å². The first-order valence-corrected chi connectivity index (χ1v) is 6.18. The summed E-state index contributed by atoms with van der Waals surface area (Å²) in [6.07, 6.45) is -0.314. The summed E-state index contributed by atoms with van der Waals surface area (Å²) in [7, 11) is 2.72. The van der Waals surface area contributed by atoms with Gasteiger partial charge in [-0.3, -0.25) is 9.59 Å². The summed E-state index contributed by atoms with van der Waals surface area (Å²) in [5, 5.41) is 11.4. The Kier molecular flexibility index (Phi) is 5.66. The lowest BCUT2D eigenvalue weighted by Crippen LogP contribution is -2.50. The van der Waals surface area contributed by atoms with E-state index in [0.29, 0.717) is 0 Å². The Morgan fingerprint density at radius 2 is 2.05 bits per heavy atom. The molecule has 2 N–H and O–H groups in total. The SMILES string of the molecule is COCC(C)(CC(=O)O)NC(=O)c1ccc(OC)c(F)c1. The van der Waals surface area contributed by atoms with Crippen molar-refractivity contribution >= 4 is 11.9 Å². The standard InChI is InChI=1S/C14H18FNO5/c1-14(8-20-2,7-12(17)18)16-13(19)9-4-5-11(21-3)10(15)6-9/h4-6H,7-8H2,1-3H3,(H,16,19)(H,17,18). The number of aliphatic carboxylic acids is 1. The molecule has 1 unspecified atom stereocenters. The number of methoxy groups -OCH3 is 2. The minimum Gasteiger partial charge on any atom is -0.494 e. The molecule has 0 saturated heterocycles. The minimum absolute atomic E-state index is 0.0175. The predicted molar refractivity (Wildman–Crippen MR) is 73.0 cm³/mol. The lowest BCUT2D eigenvalue weighted by molar-refractivity contribution is -0.139. The molecular weight excluding hydrogens is 281 g/mol. The fraction of sp³-hybridized carbons (Fsp3) is 0.429. The van der Waals surface area contributed by atoms with Gasteiger partial charge in [-0.1, -0.05) is 0 Å². The van der Waals surface area contributed by atoms with Crippen LogP contribution in [0, 0.1) is 5.82 Å². The van der Waals surface area contributed by atoms with Crippen LogP contribution >= 0.6 is 0 Å². The number of hydrogen-bond donors (Lipinski definition) is 2. The van der Waals surface area contributed by atoms with Gasteiger partial charge in [-0.2, -0.15) is 0 Å². The van der Waals surface area contributed by atoms with Crippen LogP contribution in [0.15, 0.2) is 18.2 Å². The van der Waals surface area contributed by atoms with Crippen LogP contribution in [0.1, 0.15) is 23.7 Å². The highest BCUT2D eigenvalue weighted by Gasteiger charge is 2.30. The molecule has 0 bridgehead atoms. The number of benzene rings is 1. The maximum absolute atomic E-state index is 13.6. The maximum atomic E-state index is 13.6. The van der Waals surface area contributed by atoms with Crippen LogP contribution < -0.4 is 10.1 Å². The molecule has 0 radical (unpaired) electrons. The molecule has 0 aromatic heterocycles. The number of halogens is 1. The fourth-order valence-electron chi connectivity index (χ4n) is 1.94. The highest BCUT2D eigenvalue weighted by Crippen LogP contribution is 2.19. The molecule has 6 nitrogen and oxygen atoms in total. The summed E-state index contributed by atoms with van der Waals surface area (Å²) in [6, 6.07) is 3.75. The Bertz CT molecular complexity index is 534. The number of carboxylic acid groups (broad SMARTS) is 1. The minimum atomic E-state index is -1.09. The molecule has 0 spiro atoms. The van der Waals surface area contributed by atoms with Crippen molar-refractivity contribution in [3.63, 3.8) is 0 Å². The molecule has 0 heterocycles. The normalized spacial score (nSPS) is 13.3. The van der Waals surface area contributed by atoms with Gasteiger partial charge in [0, 0.05) is 12.7 Å². The van der Waals surface area contributed by atoms with Gasteiger partial charge in [0.2, 0.25) is 0 Å². The first-order valence-electron chi connectivity index (χ1n) is 6.18. The highest BCUT2D eigenvalue weighted by atomic mass is 19.1. The third-order valence-corrected chi connectivity index (χ3v) is 2.83. The number of amides is 1. The van der Waals surface area contributed by atoms with Crippen molar-refractivity contribution in [2.75, 3.05) is 20.8 Å². The van der Waals surface area contributed by atoms with E-state index in [-0.39, 0.29) is 24.3 Å². The van der Waals surface area contributed by atoms with Gasteiger partial charge in [-0.05, 0) is 25.1 Å². The van der Waals surface area contributed by atoms with Crippen molar-refractivity contribution in [3.8, 4) is 5.75 Å². The predicted octanol–water partition coefficient (Wildman–Crippen LogP) is 1.44. The largest absolute Gasteiger partial charge is 0.494 e. The van der Waals surface area contributed by atoms with E-state index in [0.717, 1.165) is 6.07 Å². The zero-order chi connectivity index (χ0) is 16.0. The van der Waals surface area contributed by atoms with Gasteiger partial charge in [-0.25, -0.2) is 4.39 Å². The number of hydrogen-bond acceptors (Lipinski definition) is 4. The van der Waals surface area contributed by atoms with E-state index in [9.17, 15) is 14.0 Å². The number of carbonyl (C=O) groups is 2. The summed E-state index contributed by atoms with van der Waals surface area (Å²) < 4.78 is 23.3. The summed E-state index contributed by atoms with van der Waals surface area (Å²) in [4.78, 5) is 23.0. The van der Waals surface area contributed by atoms with Crippen molar-refractivity contribution in [1.82, 2.24) is 5.32 Å². The van der Waals surface area contributed by atoms with Crippen LogP contribution in [0.3, 0.4) is 0 Å². The number of ether oxygens (including phenoxy) is 2. The van der Waals surface area contributed by atoms with Gasteiger partial charge < -0.3 is 19.9 Å². The van der Waals surface area contributed by atoms with Crippen molar-refractivity contribution in [2.45, 2.75) is 18.9 Å².